The van der Waals surface area contributed by atoms with Crippen molar-refractivity contribution in [3.05, 3.63) is 0 Å². The highest BCUT2D eigenvalue weighted by atomic mass is 16.6. The number of aliphatic hydroxyl groups is 1. The molecule has 126 valence electrons. The second-order valence-electron chi connectivity index (χ2n) is 4.25. The van der Waals surface area contributed by atoms with Gasteiger partial charge in [-0.2, -0.15) is 0 Å². The Morgan fingerprint density at radius 3 is 1.41 bits per heavy atom. The second kappa shape index (κ2) is 10.5. The van der Waals surface area contributed by atoms with Gasteiger partial charge in [-0.3, -0.25) is 29.0 Å². The molecule has 0 aromatic heterocycles. The van der Waals surface area contributed by atoms with Crippen molar-refractivity contribution < 1.29 is 44.3 Å². The Labute approximate surface area is 125 Å². The molecule has 0 unspecified atom stereocenters. The first kappa shape index (κ1) is 19.8. The first-order chi connectivity index (χ1) is 10.2. The zero-order chi connectivity index (χ0) is 17.1. The quantitative estimate of drug-likeness (QED) is 0.219. The molecule has 0 aromatic rings. The van der Waals surface area contributed by atoms with Crippen molar-refractivity contribution in [1.82, 2.24) is 9.80 Å². The Bertz CT molecular complexity index is 396. The zero-order valence-electron chi connectivity index (χ0n) is 11.7. The Morgan fingerprint density at radius 2 is 1.09 bits per heavy atom. The SMILES string of the molecule is O=C(O)CN(CCN(CC(=O)O)CC(=O)OCO)CC(=O)O. The van der Waals surface area contributed by atoms with Gasteiger partial charge in [0.15, 0.2) is 6.79 Å². The van der Waals surface area contributed by atoms with Crippen LogP contribution in [0.25, 0.3) is 0 Å². The molecule has 4 N–H and O–H groups in total. The fourth-order valence-corrected chi connectivity index (χ4v) is 1.58. The van der Waals surface area contributed by atoms with E-state index in [1.54, 1.807) is 0 Å². The summed E-state index contributed by atoms with van der Waals surface area (Å²) in [6.07, 6.45) is 0. The third kappa shape index (κ3) is 10.5. The van der Waals surface area contributed by atoms with Crippen molar-refractivity contribution in [1.29, 1.82) is 0 Å². The topological polar surface area (TPSA) is 165 Å². The van der Waals surface area contributed by atoms with Gasteiger partial charge in [0.2, 0.25) is 0 Å². The van der Waals surface area contributed by atoms with Gasteiger partial charge in [-0.15, -0.1) is 0 Å². The summed E-state index contributed by atoms with van der Waals surface area (Å²) in [6, 6.07) is 0. The molecule has 0 aliphatic rings. The Morgan fingerprint density at radius 1 is 0.727 bits per heavy atom. The van der Waals surface area contributed by atoms with Gasteiger partial charge in [0.25, 0.3) is 0 Å². The summed E-state index contributed by atoms with van der Waals surface area (Å²) in [5.74, 6) is -4.54. The van der Waals surface area contributed by atoms with Crippen LogP contribution in [0, 0.1) is 0 Å². The minimum absolute atomic E-state index is 0.0621. The maximum absolute atomic E-state index is 11.2. The third-order valence-electron chi connectivity index (χ3n) is 2.39. The highest BCUT2D eigenvalue weighted by Gasteiger charge is 2.18. The number of rotatable bonds is 12. The first-order valence-corrected chi connectivity index (χ1v) is 6.11. The molecule has 0 saturated heterocycles. The van der Waals surface area contributed by atoms with Gasteiger partial charge in [-0.25, -0.2) is 0 Å². The predicted octanol–water partition coefficient (Wildman–Crippen LogP) is -2.66. The van der Waals surface area contributed by atoms with Crippen LogP contribution in [0.3, 0.4) is 0 Å². The Kier molecular flexibility index (Phi) is 9.41. The van der Waals surface area contributed by atoms with Crippen molar-refractivity contribution in [2.24, 2.45) is 0 Å². The molecule has 0 radical (unpaired) electrons. The molecule has 11 nitrogen and oxygen atoms in total. The van der Waals surface area contributed by atoms with Crippen LogP contribution in [0.1, 0.15) is 0 Å². The van der Waals surface area contributed by atoms with Gasteiger partial charge in [-0.05, 0) is 0 Å². The van der Waals surface area contributed by atoms with Crippen LogP contribution in [0.4, 0.5) is 0 Å². The van der Waals surface area contributed by atoms with Crippen molar-refractivity contribution in [2.75, 3.05) is 46.1 Å². The summed E-state index contributed by atoms with van der Waals surface area (Å²) < 4.78 is 4.27. The van der Waals surface area contributed by atoms with Crippen LogP contribution in [-0.2, 0) is 23.9 Å². The van der Waals surface area contributed by atoms with E-state index in [1.807, 2.05) is 0 Å². The maximum Gasteiger partial charge on any atom is 0.322 e. The maximum atomic E-state index is 11.2. The van der Waals surface area contributed by atoms with Crippen molar-refractivity contribution >= 4 is 23.9 Å². The lowest BCUT2D eigenvalue weighted by Gasteiger charge is -2.23. The highest BCUT2D eigenvalue weighted by Crippen LogP contribution is 1.95. The van der Waals surface area contributed by atoms with E-state index >= 15 is 0 Å². The molecular weight excluding hydrogens is 304 g/mol. The summed E-state index contributed by atoms with van der Waals surface area (Å²) in [7, 11) is 0. The summed E-state index contributed by atoms with van der Waals surface area (Å²) in [5.41, 5.74) is 0. The van der Waals surface area contributed by atoms with Crippen molar-refractivity contribution in [3.63, 3.8) is 0 Å². The number of esters is 1. The average molecular weight is 322 g/mol. The number of nitrogens with zero attached hydrogens (tertiary/aromatic N) is 2. The zero-order valence-corrected chi connectivity index (χ0v) is 11.7. The number of carboxylic acids is 3. The lowest BCUT2D eigenvalue weighted by atomic mass is 10.4. The van der Waals surface area contributed by atoms with E-state index in [9.17, 15) is 19.2 Å². The Hall–Kier alpha value is -2.24. The summed E-state index contributed by atoms with van der Waals surface area (Å²) >= 11 is 0. The molecule has 11 heteroatoms. The molecule has 0 rings (SSSR count). The predicted molar refractivity (Wildman–Crippen MR) is 69.0 cm³/mol. The van der Waals surface area contributed by atoms with Gasteiger partial charge >= 0.3 is 23.9 Å². The van der Waals surface area contributed by atoms with E-state index in [4.69, 9.17) is 20.4 Å². The molecule has 0 atom stereocenters. The van der Waals surface area contributed by atoms with Crippen LogP contribution < -0.4 is 0 Å². The van der Waals surface area contributed by atoms with Crippen molar-refractivity contribution in [2.45, 2.75) is 0 Å². The molecule has 0 fully saturated rings. The molecule has 0 aromatic carbocycles. The summed E-state index contributed by atoms with van der Waals surface area (Å²) in [6.45, 7) is -2.99. The third-order valence-corrected chi connectivity index (χ3v) is 2.39. The molecule has 0 saturated carbocycles. The van der Waals surface area contributed by atoms with E-state index in [1.165, 1.54) is 0 Å². The molecular formula is C11H18N2O9. The van der Waals surface area contributed by atoms with E-state index in [2.05, 4.69) is 4.74 Å². The van der Waals surface area contributed by atoms with E-state index in [0.717, 1.165) is 9.80 Å². The lowest BCUT2D eigenvalue weighted by molar-refractivity contribution is -0.154. The molecule has 0 aliphatic heterocycles. The molecule has 0 heterocycles. The molecule has 0 spiro atoms. The average Bonchev–Trinajstić information content (AvgIpc) is 2.33. The van der Waals surface area contributed by atoms with Crippen LogP contribution >= 0.6 is 0 Å². The lowest BCUT2D eigenvalue weighted by Crippen LogP contribution is -2.43. The van der Waals surface area contributed by atoms with E-state index in [-0.39, 0.29) is 13.1 Å². The molecule has 0 aliphatic carbocycles. The van der Waals surface area contributed by atoms with Gasteiger partial charge in [0.1, 0.15) is 0 Å². The number of hydrogen-bond donors (Lipinski definition) is 4. The van der Waals surface area contributed by atoms with Crippen LogP contribution in [0.5, 0.6) is 0 Å². The number of hydrogen-bond acceptors (Lipinski definition) is 8. The minimum atomic E-state index is -1.23. The normalized spacial score (nSPS) is 10.7. The number of aliphatic hydroxyl groups excluding tert-OH is 1. The van der Waals surface area contributed by atoms with Gasteiger partial charge in [-0.1, -0.05) is 0 Å². The highest BCUT2D eigenvalue weighted by molar-refractivity contribution is 5.74. The monoisotopic (exact) mass is 322 g/mol. The number of carbonyl (C=O) groups is 4. The first-order valence-electron chi connectivity index (χ1n) is 6.11. The van der Waals surface area contributed by atoms with E-state index in [0.29, 0.717) is 0 Å². The van der Waals surface area contributed by atoms with Crippen LogP contribution in [-0.4, -0.2) is 100 Å². The molecule has 22 heavy (non-hydrogen) atoms. The number of carboxylic acid groups (broad SMARTS) is 3. The summed E-state index contributed by atoms with van der Waals surface area (Å²) in [5, 5.41) is 34.5. The smallest absolute Gasteiger partial charge is 0.322 e. The minimum Gasteiger partial charge on any atom is -0.480 e. The molecule has 0 amide bonds. The Balaban J connectivity index is 4.59. The van der Waals surface area contributed by atoms with Gasteiger partial charge in [0.05, 0.1) is 26.2 Å². The van der Waals surface area contributed by atoms with Gasteiger partial charge in [0, 0.05) is 13.1 Å². The summed E-state index contributed by atoms with van der Waals surface area (Å²) in [4.78, 5) is 45.4. The standard InChI is InChI=1S/C11H18N2O9/c14-7-22-11(21)6-13(5-10(19)20)2-1-12(3-8(15)16)4-9(17)18/h14H,1-7H2,(H,15,16)(H,17,18)(H,19,20). The van der Waals surface area contributed by atoms with Crippen LogP contribution in [0.2, 0.25) is 0 Å². The second-order valence-corrected chi connectivity index (χ2v) is 4.25. The number of aliphatic carboxylic acids is 3. The molecule has 0 bridgehead atoms. The van der Waals surface area contributed by atoms with E-state index < -0.39 is 56.8 Å². The van der Waals surface area contributed by atoms with Crippen molar-refractivity contribution in [3.8, 4) is 0 Å². The number of carbonyl (C=O) groups excluding carboxylic acids is 1. The number of ether oxygens (including phenoxy) is 1. The largest absolute Gasteiger partial charge is 0.480 e. The fraction of sp³-hybridized carbons (Fsp3) is 0.636. The van der Waals surface area contributed by atoms with Crippen LogP contribution in [0.15, 0.2) is 0 Å². The fourth-order valence-electron chi connectivity index (χ4n) is 1.58. The van der Waals surface area contributed by atoms with Gasteiger partial charge < -0.3 is 25.2 Å².